The van der Waals surface area contributed by atoms with Crippen LogP contribution in [0.1, 0.15) is 31.9 Å². The first-order valence-corrected chi connectivity index (χ1v) is 8.39. The predicted octanol–water partition coefficient (Wildman–Crippen LogP) is 3.44. The highest BCUT2D eigenvalue weighted by molar-refractivity contribution is 5.81. The van der Waals surface area contributed by atoms with Gasteiger partial charge in [-0.3, -0.25) is 0 Å². The average Bonchev–Trinajstić information content (AvgIpc) is 2.59. The summed E-state index contributed by atoms with van der Waals surface area (Å²) in [6.45, 7) is 7.45. The van der Waals surface area contributed by atoms with Crippen LogP contribution in [0.25, 0.3) is 0 Å². The van der Waals surface area contributed by atoms with Gasteiger partial charge in [-0.05, 0) is 52.9 Å². The van der Waals surface area contributed by atoms with E-state index < -0.39 is 6.03 Å². The van der Waals surface area contributed by atoms with Gasteiger partial charge in [-0.2, -0.15) is 5.10 Å². The number of hydrogen-bond donors (Lipinski definition) is 2. The number of hydrazone groups is 1. The minimum absolute atomic E-state index is 0.133. The third kappa shape index (κ3) is 6.47. The highest BCUT2D eigenvalue weighted by Gasteiger charge is 2.12. The van der Waals surface area contributed by atoms with E-state index >= 15 is 0 Å². The maximum atomic E-state index is 10.5. The molecule has 0 aliphatic heterocycles. The zero-order valence-electron chi connectivity index (χ0n) is 15.4. The third-order valence-corrected chi connectivity index (χ3v) is 3.61. The molecule has 6 heteroatoms. The van der Waals surface area contributed by atoms with Gasteiger partial charge in [0, 0.05) is 0 Å². The fourth-order valence-corrected chi connectivity index (χ4v) is 2.19. The summed E-state index contributed by atoms with van der Waals surface area (Å²) < 4.78 is 11.3. The van der Waals surface area contributed by atoms with Gasteiger partial charge in [-0.25, -0.2) is 10.2 Å². The molecule has 0 fully saturated rings. The number of rotatable bonds is 7. The Morgan fingerprint density at radius 3 is 1.96 bits per heavy atom. The predicted molar refractivity (Wildman–Crippen MR) is 103 cm³/mol. The molecule has 2 amide bonds. The van der Waals surface area contributed by atoms with Crippen molar-refractivity contribution in [2.75, 3.05) is 13.2 Å². The standard InChI is InChI=1S/C20H25N3O3/c1-20(2,3)16-6-10-18(11-7-16)26-13-12-25-17-8-4-15(5-9-17)14-22-23-19(21)24/h4-11,14H,12-13H2,1-3H3,(H3,21,23,24)/b22-14-. The number of primary amides is 1. The van der Waals surface area contributed by atoms with E-state index in [1.807, 2.05) is 36.4 Å². The Kier molecular flexibility index (Phi) is 6.60. The number of carbonyl (C=O) groups excluding carboxylic acids is 1. The number of benzene rings is 2. The molecule has 6 nitrogen and oxygen atoms in total. The largest absolute Gasteiger partial charge is 0.490 e. The van der Waals surface area contributed by atoms with Gasteiger partial charge in [-0.1, -0.05) is 32.9 Å². The van der Waals surface area contributed by atoms with Crippen molar-refractivity contribution in [3.05, 3.63) is 59.7 Å². The first-order chi connectivity index (χ1) is 12.3. The summed E-state index contributed by atoms with van der Waals surface area (Å²) in [5.41, 5.74) is 9.29. The first-order valence-electron chi connectivity index (χ1n) is 8.39. The number of urea groups is 1. The van der Waals surface area contributed by atoms with Gasteiger partial charge in [0.1, 0.15) is 24.7 Å². The smallest absolute Gasteiger partial charge is 0.332 e. The number of amides is 2. The topological polar surface area (TPSA) is 85.9 Å². The van der Waals surface area contributed by atoms with Gasteiger partial charge in [0.25, 0.3) is 0 Å². The quantitative estimate of drug-likeness (QED) is 0.453. The van der Waals surface area contributed by atoms with Crippen LogP contribution in [0.15, 0.2) is 53.6 Å². The molecule has 0 spiro atoms. The van der Waals surface area contributed by atoms with E-state index in [0.717, 1.165) is 17.1 Å². The molecule has 0 radical (unpaired) electrons. The van der Waals surface area contributed by atoms with Crippen LogP contribution >= 0.6 is 0 Å². The summed E-state index contributed by atoms with van der Waals surface area (Å²) >= 11 is 0. The number of nitrogens with two attached hydrogens (primary N) is 1. The summed E-state index contributed by atoms with van der Waals surface area (Å²) in [5, 5.41) is 3.69. The lowest BCUT2D eigenvalue weighted by Gasteiger charge is -2.19. The van der Waals surface area contributed by atoms with E-state index in [9.17, 15) is 4.79 Å². The Balaban J connectivity index is 1.74. The van der Waals surface area contributed by atoms with Crippen molar-refractivity contribution in [3.63, 3.8) is 0 Å². The van der Waals surface area contributed by atoms with Gasteiger partial charge in [0.2, 0.25) is 0 Å². The van der Waals surface area contributed by atoms with Crippen molar-refractivity contribution in [2.24, 2.45) is 10.8 Å². The molecule has 0 aliphatic rings. The molecular formula is C20H25N3O3. The Hall–Kier alpha value is -3.02. The number of hydrogen-bond acceptors (Lipinski definition) is 4. The van der Waals surface area contributed by atoms with Crippen molar-refractivity contribution >= 4 is 12.2 Å². The van der Waals surface area contributed by atoms with Crippen LogP contribution in [0.4, 0.5) is 4.79 Å². The number of nitrogens with zero attached hydrogens (tertiary/aromatic N) is 1. The summed E-state index contributed by atoms with van der Waals surface area (Å²) in [5.74, 6) is 1.56. The second kappa shape index (κ2) is 8.89. The minimum Gasteiger partial charge on any atom is -0.490 e. The van der Waals surface area contributed by atoms with Crippen molar-refractivity contribution in [1.82, 2.24) is 5.43 Å². The average molecular weight is 355 g/mol. The van der Waals surface area contributed by atoms with Crippen molar-refractivity contribution in [3.8, 4) is 11.5 Å². The number of nitrogens with one attached hydrogen (secondary N) is 1. The second-order valence-electron chi connectivity index (χ2n) is 6.77. The van der Waals surface area contributed by atoms with Gasteiger partial charge >= 0.3 is 6.03 Å². The molecule has 0 atom stereocenters. The monoisotopic (exact) mass is 355 g/mol. The summed E-state index contributed by atoms with van der Waals surface area (Å²) in [4.78, 5) is 10.5. The van der Waals surface area contributed by atoms with E-state index in [1.54, 1.807) is 0 Å². The highest BCUT2D eigenvalue weighted by Crippen LogP contribution is 2.24. The van der Waals surface area contributed by atoms with E-state index in [0.29, 0.717) is 13.2 Å². The van der Waals surface area contributed by atoms with Crippen LogP contribution < -0.4 is 20.6 Å². The van der Waals surface area contributed by atoms with E-state index in [4.69, 9.17) is 15.2 Å². The molecule has 0 bridgehead atoms. The van der Waals surface area contributed by atoms with Crippen molar-refractivity contribution in [1.29, 1.82) is 0 Å². The summed E-state index contributed by atoms with van der Waals surface area (Å²) in [6, 6.07) is 14.7. The summed E-state index contributed by atoms with van der Waals surface area (Å²) in [6.07, 6.45) is 1.50. The van der Waals surface area contributed by atoms with Gasteiger partial charge in [0.05, 0.1) is 6.21 Å². The van der Waals surface area contributed by atoms with Crippen LogP contribution in [0.5, 0.6) is 11.5 Å². The Morgan fingerprint density at radius 2 is 1.50 bits per heavy atom. The highest BCUT2D eigenvalue weighted by atomic mass is 16.5. The lowest BCUT2D eigenvalue weighted by Crippen LogP contribution is -2.24. The minimum atomic E-state index is -0.700. The Bertz CT molecular complexity index is 732. The first kappa shape index (κ1) is 19.3. The SMILES string of the molecule is CC(C)(C)c1ccc(OCCOc2ccc(/C=N\NC(N)=O)cc2)cc1. The molecule has 0 aromatic heterocycles. The fourth-order valence-electron chi connectivity index (χ4n) is 2.19. The van der Waals surface area contributed by atoms with Crippen LogP contribution in [0.3, 0.4) is 0 Å². The summed E-state index contributed by atoms with van der Waals surface area (Å²) in [7, 11) is 0. The molecule has 26 heavy (non-hydrogen) atoms. The maximum Gasteiger partial charge on any atom is 0.332 e. The number of carbonyl (C=O) groups is 1. The van der Waals surface area contributed by atoms with Crippen molar-refractivity contribution < 1.29 is 14.3 Å². The van der Waals surface area contributed by atoms with Crippen molar-refractivity contribution in [2.45, 2.75) is 26.2 Å². The molecule has 3 N–H and O–H groups in total. The van der Waals surface area contributed by atoms with Gasteiger partial charge in [-0.15, -0.1) is 0 Å². The Labute approximate surface area is 154 Å². The zero-order chi connectivity index (χ0) is 19.0. The molecule has 2 rings (SSSR count). The third-order valence-electron chi connectivity index (χ3n) is 3.61. The van der Waals surface area contributed by atoms with E-state index in [1.165, 1.54) is 11.8 Å². The normalized spacial score (nSPS) is 11.3. The van der Waals surface area contributed by atoms with Crippen LogP contribution in [-0.2, 0) is 5.41 Å². The molecule has 0 unspecified atom stereocenters. The molecule has 138 valence electrons. The van der Waals surface area contributed by atoms with E-state index in [2.05, 4.69) is 43.4 Å². The molecule has 2 aromatic rings. The fraction of sp³-hybridized carbons (Fsp3) is 0.300. The van der Waals surface area contributed by atoms with Crippen LogP contribution in [-0.4, -0.2) is 25.5 Å². The van der Waals surface area contributed by atoms with E-state index in [-0.39, 0.29) is 5.41 Å². The molecule has 0 heterocycles. The van der Waals surface area contributed by atoms with Gasteiger partial charge < -0.3 is 15.2 Å². The maximum absolute atomic E-state index is 10.5. The molecular weight excluding hydrogens is 330 g/mol. The zero-order valence-corrected chi connectivity index (χ0v) is 15.4. The molecule has 0 saturated carbocycles. The van der Waals surface area contributed by atoms with Crippen LogP contribution in [0, 0.1) is 0 Å². The number of ether oxygens (including phenoxy) is 2. The molecule has 2 aromatic carbocycles. The Morgan fingerprint density at radius 1 is 1.00 bits per heavy atom. The van der Waals surface area contributed by atoms with Crippen LogP contribution in [0.2, 0.25) is 0 Å². The molecule has 0 saturated heterocycles. The lowest BCUT2D eigenvalue weighted by molar-refractivity contribution is 0.217. The second-order valence-corrected chi connectivity index (χ2v) is 6.77. The van der Waals surface area contributed by atoms with Gasteiger partial charge in [0.15, 0.2) is 0 Å². The lowest BCUT2D eigenvalue weighted by atomic mass is 9.87. The molecule has 0 aliphatic carbocycles.